The summed E-state index contributed by atoms with van der Waals surface area (Å²) >= 11 is 1.58. The molecule has 1 aliphatic carbocycles. The van der Waals surface area contributed by atoms with Crippen LogP contribution in [0.2, 0.25) is 0 Å². The highest BCUT2D eigenvalue weighted by Crippen LogP contribution is 2.37. The predicted molar refractivity (Wildman–Crippen MR) is 96.0 cm³/mol. The Balaban J connectivity index is 1.62. The van der Waals surface area contributed by atoms with Crippen LogP contribution in [0.1, 0.15) is 44.6 Å². The molecule has 0 unspecified atom stereocenters. The second kappa shape index (κ2) is 7.15. The van der Waals surface area contributed by atoms with Crippen molar-refractivity contribution in [3.63, 3.8) is 0 Å². The second-order valence-electron chi connectivity index (χ2n) is 7.14. The lowest BCUT2D eigenvalue weighted by molar-refractivity contribution is -0.139. The summed E-state index contributed by atoms with van der Waals surface area (Å²) in [7, 11) is 1.70. The van der Waals surface area contributed by atoms with E-state index in [0.717, 1.165) is 29.7 Å². The van der Waals surface area contributed by atoms with Crippen LogP contribution in [0.15, 0.2) is 16.8 Å². The first kappa shape index (κ1) is 17.9. The number of likely N-dealkylation sites (N-methyl/N-ethyl adjacent to an activating group) is 1. The molecule has 0 bridgehead atoms. The summed E-state index contributed by atoms with van der Waals surface area (Å²) in [6, 6.07) is 1.53. The maximum absolute atomic E-state index is 12.8. The van der Waals surface area contributed by atoms with Gasteiger partial charge < -0.3 is 10.2 Å². The normalized spacial score (nSPS) is 26.2. The number of carbonyl (C=O) groups is 3. The summed E-state index contributed by atoms with van der Waals surface area (Å²) in [5, 5.41) is 6.82. The molecule has 4 amide bonds. The summed E-state index contributed by atoms with van der Waals surface area (Å²) in [6.45, 7) is 2.45. The van der Waals surface area contributed by atoms with Crippen molar-refractivity contribution in [3.8, 4) is 0 Å². The summed E-state index contributed by atoms with van der Waals surface area (Å²) in [4.78, 5) is 40.2. The van der Waals surface area contributed by atoms with E-state index >= 15 is 0 Å². The minimum atomic E-state index is -0.783. The lowest BCUT2D eigenvalue weighted by Crippen LogP contribution is -2.50. The van der Waals surface area contributed by atoms with Crippen LogP contribution in [-0.2, 0) is 16.1 Å². The maximum atomic E-state index is 12.8. The van der Waals surface area contributed by atoms with Crippen molar-refractivity contribution in [2.24, 2.45) is 5.92 Å². The van der Waals surface area contributed by atoms with Crippen LogP contribution < -0.4 is 5.32 Å². The van der Waals surface area contributed by atoms with Crippen molar-refractivity contribution < 1.29 is 14.4 Å². The quantitative estimate of drug-likeness (QED) is 0.818. The average molecular weight is 363 g/mol. The molecule has 6 nitrogen and oxygen atoms in total. The van der Waals surface area contributed by atoms with Gasteiger partial charge in [-0.05, 0) is 54.0 Å². The Bertz CT molecular complexity index is 651. The Labute approximate surface area is 152 Å². The molecule has 7 heteroatoms. The van der Waals surface area contributed by atoms with Gasteiger partial charge in [0.15, 0.2) is 0 Å². The lowest BCUT2D eigenvalue weighted by atomic mass is 9.75. The molecular formula is C18H25N3O3S. The topological polar surface area (TPSA) is 69.7 Å². The summed E-state index contributed by atoms with van der Waals surface area (Å²) in [5.74, 6) is 0.168. The Morgan fingerprint density at radius 3 is 2.72 bits per heavy atom. The number of urea groups is 1. The molecule has 0 aromatic carbocycles. The molecule has 1 N–H and O–H groups in total. The minimum Gasteiger partial charge on any atom is -0.340 e. The predicted octanol–water partition coefficient (Wildman–Crippen LogP) is 2.60. The van der Waals surface area contributed by atoms with Crippen molar-refractivity contribution in [2.45, 2.75) is 51.1 Å². The number of nitrogens with zero attached hydrogens (tertiary/aromatic N) is 2. The first-order chi connectivity index (χ1) is 11.9. The van der Waals surface area contributed by atoms with Crippen molar-refractivity contribution in [3.05, 3.63) is 22.4 Å². The number of rotatable bonds is 5. The Morgan fingerprint density at radius 1 is 1.40 bits per heavy atom. The van der Waals surface area contributed by atoms with Gasteiger partial charge in [0, 0.05) is 13.6 Å². The van der Waals surface area contributed by atoms with Gasteiger partial charge in [-0.2, -0.15) is 11.3 Å². The molecule has 0 atom stereocenters. The number of thiophene rings is 1. The molecule has 0 radical (unpaired) electrons. The van der Waals surface area contributed by atoms with E-state index < -0.39 is 11.6 Å². The highest BCUT2D eigenvalue weighted by Gasteiger charge is 2.52. The van der Waals surface area contributed by atoms with E-state index in [1.807, 2.05) is 16.8 Å². The number of nitrogens with one attached hydrogen (secondary N) is 1. The van der Waals surface area contributed by atoms with Crippen molar-refractivity contribution in [1.29, 1.82) is 0 Å². The zero-order chi connectivity index (χ0) is 18.0. The Morgan fingerprint density at radius 2 is 2.12 bits per heavy atom. The van der Waals surface area contributed by atoms with Crippen LogP contribution >= 0.6 is 11.3 Å². The van der Waals surface area contributed by atoms with Gasteiger partial charge in [0.05, 0.1) is 0 Å². The summed E-state index contributed by atoms with van der Waals surface area (Å²) in [6.07, 6.45) is 4.34. The standard InChI is InChI=1S/C18H25N3O3S/c1-3-13-4-7-18(8-5-13)16(23)21(17(24)19-18)11-15(22)20(2)10-14-6-9-25-12-14/h6,9,12-13H,3-5,7-8,10-11H2,1-2H3,(H,19,24). The lowest BCUT2D eigenvalue weighted by Gasteiger charge is -2.34. The third-order valence-corrected chi connectivity index (χ3v) is 6.23. The molecule has 1 spiro atoms. The van der Waals surface area contributed by atoms with E-state index in [1.54, 1.807) is 23.3 Å². The zero-order valence-corrected chi connectivity index (χ0v) is 15.6. The molecule has 1 aromatic heterocycles. The van der Waals surface area contributed by atoms with Crippen molar-refractivity contribution in [2.75, 3.05) is 13.6 Å². The van der Waals surface area contributed by atoms with Gasteiger partial charge in [-0.15, -0.1) is 0 Å². The van der Waals surface area contributed by atoms with Gasteiger partial charge in [-0.3, -0.25) is 14.5 Å². The molecule has 2 fully saturated rings. The van der Waals surface area contributed by atoms with Crippen LogP contribution in [0.4, 0.5) is 4.79 Å². The molecule has 1 saturated heterocycles. The molecule has 1 aliphatic heterocycles. The summed E-state index contributed by atoms with van der Waals surface area (Å²) < 4.78 is 0. The second-order valence-corrected chi connectivity index (χ2v) is 7.92. The molecule has 3 rings (SSSR count). The van der Waals surface area contributed by atoms with Gasteiger partial charge in [0.25, 0.3) is 5.91 Å². The third-order valence-electron chi connectivity index (χ3n) is 5.50. The van der Waals surface area contributed by atoms with E-state index in [4.69, 9.17) is 0 Å². The largest absolute Gasteiger partial charge is 0.340 e. The number of hydrogen-bond donors (Lipinski definition) is 1. The number of carbonyl (C=O) groups excluding carboxylic acids is 3. The van der Waals surface area contributed by atoms with Gasteiger partial charge in [-0.25, -0.2) is 4.79 Å². The molecular weight excluding hydrogens is 338 g/mol. The van der Waals surface area contributed by atoms with E-state index in [-0.39, 0.29) is 18.4 Å². The van der Waals surface area contributed by atoms with Gasteiger partial charge in [0.1, 0.15) is 12.1 Å². The Kier molecular flexibility index (Phi) is 5.13. The highest BCUT2D eigenvalue weighted by molar-refractivity contribution is 7.07. The molecule has 25 heavy (non-hydrogen) atoms. The van der Waals surface area contributed by atoms with Gasteiger partial charge >= 0.3 is 6.03 Å². The van der Waals surface area contributed by atoms with E-state index in [9.17, 15) is 14.4 Å². The van der Waals surface area contributed by atoms with Crippen LogP contribution in [0.3, 0.4) is 0 Å². The third kappa shape index (κ3) is 3.56. The number of amides is 4. The maximum Gasteiger partial charge on any atom is 0.325 e. The molecule has 2 aliphatic rings. The minimum absolute atomic E-state index is 0.190. The number of hydrogen-bond acceptors (Lipinski definition) is 4. The number of imide groups is 1. The van der Waals surface area contributed by atoms with E-state index in [0.29, 0.717) is 25.3 Å². The van der Waals surface area contributed by atoms with Gasteiger partial charge in [-0.1, -0.05) is 13.3 Å². The fourth-order valence-corrected chi connectivity index (χ4v) is 4.40. The highest BCUT2D eigenvalue weighted by atomic mass is 32.1. The fraction of sp³-hybridized carbons (Fsp3) is 0.611. The molecule has 1 saturated carbocycles. The van der Waals surface area contributed by atoms with E-state index in [2.05, 4.69) is 12.2 Å². The smallest absolute Gasteiger partial charge is 0.325 e. The van der Waals surface area contributed by atoms with Gasteiger partial charge in [0.2, 0.25) is 5.91 Å². The van der Waals surface area contributed by atoms with Crippen LogP contribution in [0, 0.1) is 5.92 Å². The molecule has 136 valence electrons. The zero-order valence-electron chi connectivity index (χ0n) is 14.8. The van der Waals surface area contributed by atoms with Crippen LogP contribution in [0.25, 0.3) is 0 Å². The molecule has 2 heterocycles. The Hall–Kier alpha value is -1.89. The monoisotopic (exact) mass is 363 g/mol. The average Bonchev–Trinajstić information content (AvgIpc) is 3.18. The SMILES string of the molecule is CCC1CCC2(CC1)NC(=O)N(CC(=O)N(C)Cc1ccsc1)C2=O. The summed E-state index contributed by atoms with van der Waals surface area (Å²) in [5.41, 5.74) is 0.266. The van der Waals surface area contributed by atoms with Crippen molar-refractivity contribution in [1.82, 2.24) is 15.1 Å². The van der Waals surface area contributed by atoms with Crippen LogP contribution in [-0.4, -0.2) is 46.8 Å². The first-order valence-electron chi connectivity index (χ1n) is 8.84. The fourth-order valence-electron chi connectivity index (χ4n) is 3.74. The first-order valence-corrected chi connectivity index (χ1v) is 9.78. The van der Waals surface area contributed by atoms with Crippen molar-refractivity contribution >= 4 is 29.2 Å². The molecule has 1 aromatic rings. The van der Waals surface area contributed by atoms with Crippen LogP contribution in [0.5, 0.6) is 0 Å². The van der Waals surface area contributed by atoms with E-state index in [1.165, 1.54) is 0 Å².